The van der Waals surface area contributed by atoms with Crippen LogP contribution in [0.1, 0.15) is 51.3 Å². The smallest absolute Gasteiger partial charge is 0.305 e. The fourth-order valence-corrected chi connectivity index (χ4v) is 4.21. The van der Waals surface area contributed by atoms with E-state index in [1.807, 2.05) is 16.5 Å². The minimum absolute atomic E-state index is 0.0363. The third-order valence-electron chi connectivity index (χ3n) is 5.84. The van der Waals surface area contributed by atoms with Gasteiger partial charge < -0.3 is 18.9 Å². The predicted octanol–water partition coefficient (Wildman–Crippen LogP) is 5.05. The van der Waals surface area contributed by atoms with Crippen molar-refractivity contribution in [1.29, 1.82) is 0 Å². The highest BCUT2D eigenvalue weighted by Crippen LogP contribution is 2.29. The van der Waals surface area contributed by atoms with Gasteiger partial charge in [-0.3, -0.25) is 9.59 Å². The highest BCUT2D eigenvalue weighted by atomic mass is 35.5. The van der Waals surface area contributed by atoms with E-state index in [0.29, 0.717) is 42.6 Å². The summed E-state index contributed by atoms with van der Waals surface area (Å²) in [5.74, 6) is 0.0641. The number of hydrogen-bond acceptors (Lipinski definition) is 5. The van der Waals surface area contributed by atoms with Crippen LogP contribution in [0.2, 0.25) is 10.0 Å². The zero-order valence-electron chi connectivity index (χ0n) is 20.0. The van der Waals surface area contributed by atoms with Crippen LogP contribution in [0, 0.1) is 5.92 Å². The molecule has 0 aliphatic heterocycles. The number of halogens is 2. The Morgan fingerprint density at radius 1 is 1.12 bits per heavy atom. The van der Waals surface area contributed by atoms with Crippen molar-refractivity contribution in [3.05, 3.63) is 28.0 Å². The van der Waals surface area contributed by atoms with Gasteiger partial charge in [-0.15, -0.1) is 0 Å². The zero-order valence-corrected chi connectivity index (χ0v) is 21.5. The molecule has 184 valence electrons. The first-order chi connectivity index (χ1) is 15.8. The SMILES string of the molecule is CCCCCN(CCCOC)C(=O)C(CCC(=O)OC)Cc1nc2cc(Cl)c(Cl)cc2n1C. The van der Waals surface area contributed by atoms with Gasteiger partial charge in [0.1, 0.15) is 5.82 Å². The van der Waals surface area contributed by atoms with E-state index in [0.717, 1.165) is 42.5 Å². The molecule has 0 bridgehead atoms. The Hall–Kier alpha value is -1.83. The number of rotatable bonds is 14. The van der Waals surface area contributed by atoms with Crippen LogP contribution in [0.5, 0.6) is 0 Å². The molecular weight excluding hydrogens is 465 g/mol. The lowest BCUT2D eigenvalue weighted by Crippen LogP contribution is -2.39. The number of carbonyl (C=O) groups is 2. The highest BCUT2D eigenvalue weighted by Gasteiger charge is 2.27. The summed E-state index contributed by atoms with van der Waals surface area (Å²) >= 11 is 12.4. The quantitative estimate of drug-likeness (QED) is 0.268. The number of nitrogens with zero attached hydrogens (tertiary/aromatic N) is 3. The van der Waals surface area contributed by atoms with Gasteiger partial charge in [-0.25, -0.2) is 4.98 Å². The van der Waals surface area contributed by atoms with Crippen LogP contribution in [-0.2, 0) is 32.5 Å². The van der Waals surface area contributed by atoms with E-state index >= 15 is 0 Å². The van der Waals surface area contributed by atoms with Gasteiger partial charge in [-0.05, 0) is 31.4 Å². The van der Waals surface area contributed by atoms with Gasteiger partial charge in [0.15, 0.2) is 0 Å². The standard InChI is InChI=1S/C24H35Cl2N3O4/c1-5-6-7-11-29(12-8-13-32-3)24(31)17(9-10-23(30)33-4)14-22-27-20-15-18(25)19(26)16-21(20)28(22)2/h15-17H,5-14H2,1-4H3. The average Bonchev–Trinajstić information content (AvgIpc) is 3.09. The Balaban J connectivity index is 2.29. The van der Waals surface area contributed by atoms with Crippen LogP contribution >= 0.6 is 23.2 Å². The summed E-state index contributed by atoms with van der Waals surface area (Å²) in [6.07, 6.45) is 4.83. The number of carbonyl (C=O) groups excluding carboxylic acids is 2. The van der Waals surface area contributed by atoms with E-state index < -0.39 is 5.92 Å². The molecule has 0 fully saturated rings. The highest BCUT2D eigenvalue weighted by molar-refractivity contribution is 6.42. The molecule has 2 rings (SSSR count). The monoisotopic (exact) mass is 499 g/mol. The molecule has 1 atom stereocenters. The summed E-state index contributed by atoms with van der Waals surface area (Å²) in [6.45, 7) is 4.05. The fraction of sp³-hybridized carbons (Fsp3) is 0.625. The molecule has 0 aliphatic rings. The number of hydrogen-bond donors (Lipinski definition) is 0. The summed E-state index contributed by atoms with van der Waals surface area (Å²) in [6, 6.07) is 3.51. The second-order valence-electron chi connectivity index (χ2n) is 8.24. The molecular formula is C24H35Cl2N3O4. The Kier molecular flexibility index (Phi) is 11.4. The van der Waals surface area contributed by atoms with E-state index in [1.165, 1.54) is 7.11 Å². The van der Waals surface area contributed by atoms with Crippen molar-refractivity contribution in [2.24, 2.45) is 13.0 Å². The Labute approximate surface area is 206 Å². The van der Waals surface area contributed by atoms with Crippen LogP contribution < -0.4 is 0 Å². The molecule has 1 aromatic carbocycles. The van der Waals surface area contributed by atoms with Crippen molar-refractivity contribution in [2.75, 3.05) is 33.9 Å². The minimum atomic E-state index is -0.394. The van der Waals surface area contributed by atoms with E-state index in [-0.39, 0.29) is 18.3 Å². The van der Waals surface area contributed by atoms with Gasteiger partial charge >= 0.3 is 5.97 Å². The molecule has 0 spiro atoms. The number of aromatic nitrogens is 2. The summed E-state index contributed by atoms with van der Waals surface area (Å²) in [5, 5.41) is 0.893. The lowest BCUT2D eigenvalue weighted by molar-refractivity contribution is -0.141. The topological polar surface area (TPSA) is 73.7 Å². The van der Waals surface area contributed by atoms with Crippen LogP contribution in [-0.4, -0.2) is 60.2 Å². The van der Waals surface area contributed by atoms with Gasteiger partial charge in [0, 0.05) is 52.6 Å². The third-order valence-corrected chi connectivity index (χ3v) is 6.56. The Morgan fingerprint density at radius 3 is 2.48 bits per heavy atom. The lowest BCUT2D eigenvalue weighted by Gasteiger charge is -2.27. The zero-order chi connectivity index (χ0) is 24.4. The maximum Gasteiger partial charge on any atom is 0.305 e. The number of amides is 1. The normalized spacial score (nSPS) is 12.2. The Bertz CT molecular complexity index is 922. The third kappa shape index (κ3) is 7.87. The number of fused-ring (bicyclic) bond motifs is 1. The van der Waals surface area contributed by atoms with Crippen molar-refractivity contribution in [3.8, 4) is 0 Å². The summed E-state index contributed by atoms with van der Waals surface area (Å²) in [5.41, 5.74) is 1.57. The van der Waals surface area contributed by atoms with Gasteiger partial charge in [0.25, 0.3) is 0 Å². The second kappa shape index (κ2) is 13.8. The van der Waals surface area contributed by atoms with Gasteiger partial charge in [0.05, 0.1) is 28.2 Å². The molecule has 1 aromatic heterocycles. The number of aryl methyl sites for hydroxylation is 1. The van der Waals surface area contributed by atoms with Gasteiger partial charge in [-0.2, -0.15) is 0 Å². The van der Waals surface area contributed by atoms with E-state index in [4.69, 9.17) is 37.7 Å². The molecule has 1 heterocycles. The maximum absolute atomic E-state index is 13.6. The summed E-state index contributed by atoms with van der Waals surface area (Å²) < 4.78 is 11.9. The molecule has 0 N–H and O–H groups in total. The van der Waals surface area contributed by atoms with Crippen molar-refractivity contribution in [3.63, 3.8) is 0 Å². The largest absolute Gasteiger partial charge is 0.469 e. The average molecular weight is 500 g/mol. The first-order valence-electron chi connectivity index (χ1n) is 11.5. The van der Waals surface area contributed by atoms with E-state index in [2.05, 4.69) is 6.92 Å². The van der Waals surface area contributed by atoms with Gasteiger partial charge in [-0.1, -0.05) is 43.0 Å². The molecule has 0 saturated carbocycles. The van der Waals surface area contributed by atoms with Crippen LogP contribution in [0.15, 0.2) is 12.1 Å². The molecule has 0 radical (unpaired) electrons. The molecule has 2 aromatic rings. The first kappa shape index (κ1) is 27.4. The minimum Gasteiger partial charge on any atom is -0.469 e. The molecule has 33 heavy (non-hydrogen) atoms. The van der Waals surface area contributed by atoms with Crippen molar-refractivity contribution in [1.82, 2.24) is 14.5 Å². The molecule has 0 aliphatic carbocycles. The molecule has 1 amide bonds. The van der Waals surface area contributed by atoms with Crippen molar-refractivity contribution in [2.45, 2.75) is 51.9 Å². The van der Waals surface area contributed by atoms with Crippen molar-refractivity contribution >= 4 is 46.1 Å². The van der Waals surface area contributed by atoms with Crippen LogP contribution in [0.25, 0.3) is 11.0 Å². The van der Waals surface area contributed by atoms with Crippen molar-refractivity contribution < 1.29 is 19.1 Å². The first-order valence-corrected chi connectivity index (χ1v) is 12.2. The fourth-order valence-electron chi connectivity index (χ4n) is 3.89. The number of ether oxygens (including phenoxy) is 2. The number of imidazole rings is 1. The number of benzene rings is 1. The molecule has 1 unspecified atom stereocenters. The van der Waals surface area contributed by atoms with Gasteiger partial charge in [0.2, 0.25) is 5.91 Å². The van der Waals surface area contributed by atoms with E-state index in [9.17, 15) is 9.59 Å². The number of esters is 1. The van der Waals surface area contributed by atoms with Crippen LogP contribution in [0.4, 0.5) is 0 Å². The Morgan fingerprint density at radius 2 is 1.82 bits per heavy atom. The molecule has 7 nitrogen and oxygen atoms in total. The van der Waals surface area contributed by atoms with E-state index in [1.54, 1.807) is 19.2 Å². The maximum atomic E-state index is 13.6. The summed E-state index contributed by atoms with van der Waals surface area (Å²) in [4.78, 5) is 32.1. The molecule has 0 saturated heterocycles. The second-order valence-corrected chi connectivity index (χ2v) is 9.05. The van der Waals surface area contributed by atoms with Crippen LogP contribution in [0.3, 0.4) is 0 Å². The molecule has 9 heteroatoms. The predicted molar refractivity (Wildman–Crippen MR) is 132 cm³/mol. The number of unbranched alkanes of at least 4 members (excludes halogenated alkanes) is 2. The lowest BCUT2D eigenvalue weighted by atomic mass is 9.96. The number of methoxy groups -OCH3 is 2. The summed E-state index contributed by atoms with van der Waals surface area (Å²) in [7, 11) is 4.92.